The molecule has 1 aliphatic rings. The first-order valence-electron chi connectivity index (χ1n) is 6.93. The molecule has 1 aromatic carbocycles. The van der Waals surface area contributed by atoms with Gasteiger partial charge in [0.15, 0.2) is 5.84 Å². The van der Waals surface area contributed by atoms with E-state index in [-0.39, 0.29) is 17.8 Å². The van der Waals surface area contributed by atoms with Gasteiger partial charge in [-0.1, -0.05) is 24.2 Å². The number of likely N-dealkylation sites (tertiary alicyclic amines) is 1. The average molecular weight is 275 g/mol. The van der Waals surface area contributed by atoms with E-state index in [0.29, 0.717) is 17.0 Å². The molecule has 0 radical (unpaired) electrons. The monoisotopic (exact) mass is 275 g/mol. The highest BCUT2D eigenvalue weighted by Crippen LogP contribution is 2.24. The van der Waals surface area contributed by atoms with Crippen LogP contribution in [0.15, 0.2) is 29.4 Å². The number of rotatable bonds is 2. The molecule has 1 fully saturated rings. The number of nitrogens with two attached hydrogens (primary N) is 1. The van der Waals surface area contributed by atoms with E-state index < -0.39 is 0 Å². The molecular formula is C15H21N3O2. The first kappa shape index (κ1) is 14.4. The SMILES string of the molecule is CC1CCCN(C(=O)c2cccc(C(N)=NO)c2)C1C. The lowest BCUT2D eigenvalue weighted by molar-refractivity contribution is 0.0551. The largest absolute Gasteiger partial charge is 0.409 e. The number of carbonyl (C=O) groups is 1. The molecule has 1 amide bonds. The molecule has 5 heteroatoms. The van der Waals surface area contributed by atoms with E-state index in [1.165, 1.54) is 0 Å². The highest BCUT2D eigenvalue weighted by atomic mass is 16.4. The second-order valence-corrected chi connectivity index (χ2v) is 5.42. The normalized spacial score (nSPS) is 23.7. The number of hydrogen-bond acceptors (Lipinski definition) is 3. The third kappa shape index (κ3) is 2.76. The van der Waals surface area contributed by atoms with E-state index >= 15 is 0 Å². The van der Waals surface area contributed by atoms with Crippen molar-refractivity contribution in [1.29, 1.82) is 0 Å². The van der Waals surface area contributed by atoms with Gasteiger partial charge in [-0.15, -0.1) is 0 Å². The van der Waals surface area contributed by atoms with Gasteiger partial charge in [0.25, 0.3) is 5.91 Å². The van der Waals surface area contributed by atoms with E-state index in [1.54, 1.807) is 24.3 Å². The summed E-state index contributed by atoms with van der Waals surface area (Å²) >= 11 is 0. The molecule has 1 heterocycles. The molecule has 0 bridgehead atoms. The van der Waals surface area contributed by atoms with Crippen LogP contribution in [0.1, 0.15) is 42.6 Å². The van der Waals surface area contributed by atoms with E-state index in [0.717, 1.165) is 19.4 Å². The Morgan fingerprint density at radius 1 is 1.40 bits per heavy atom. The summed E-state index contributed by atoms with van der Waals surface area (Å²) < 4.78 is 0. The average Bonchev–Trinajstić information content (AvgIpc) is 2.48. The van der Waals surface area contributed by atoms with Crippen LogP contribution in [0.25, 0.3) is 0 Å². The second-order valence-electron chi connectivity index (χ2n) is 5.42. The topological polar surface area (TPSA) is 78.9 Å². The summed E-state index contributed by atoms with van der Waals surface area (Å²) in [6.45, 7) is 5.06. The number of amides is 1. The van der Waals surface area contributed by atoms with Gasteiger partial charge < -0.3 is 15.8 Å². The fourth-order valence-electron chi connectivity index (χ4n) is 2.66. The Bertz CT molecular complexity index is 528. The van der Waals surface area contributed by atoms with Crippen LogP contribution in [-0.2, 0) is 0 Å². The Balaban J connectivity index is 2.25. The van der Waals surface area contributed by atoms with Gasteiger partial charge in [0.2, 0.25) is 0 Å². The number of carbonyl (C=O) groups excluding carboxylic acids is 1. The fraction of sp³-hybridized carbons (Fsp3) is 0.467. The van der Waals surface area contributed by atoms with Crippen molar-refractivity contribution >= 4 is 11.7 Å². The van der Waals surface area contributed by atoms with Gasteiger partial charge in [0, 0.05) is 23.7 Å². The fourth-order valence-corrected chi connectivity index (χ4v) is 2.66. The van der Waals surface area contributed by atoms with Crippen LogP contribution in [0.2, 0.25) is 0 Å². The number of oxime groups is 1. The molecule has 5 nitrogen and oxygen atoms in total. The van der Waals surface area contributed by atoms with Gasteiger partial charge in [0.05, 0.1) is 0 Å². The molecule has 1 aromatic rings. The van der Waals surface area contributed by atoms with Crippen LogP contribution in [0.4, 0.5) is 0 Å². The third-order valence-electron chi connectivity index (χ3n) is 4.15. The minimum atomic E-state index is 0.0108. The molecule has 1 aliphatic heterocycles. The lowest BCUT2D eigenvalue weighted by atomic mass is 9.91. The van der Waals surface area contributed by atoms with E-state index in [2.05, 4.69) is 19.0 Å². The van der Waals surface area contributed by atoms with Crippen LogP contribution in [-0.4, -0.2) is 34.4 Å². The minimum absolute atomic E-state index is 0.0108. The quantitative estimate of drug-likeness (QED) is 0.375. The molecule has 3 N–H and O–H groups in total. The lowest BCUT2D eigenvalue weighted by Gasteiger charge is -2.38. The Morgan fingerprint density at radius 3 is 2.80 bits per heavy atom. The summed E-state index contributed by atoms with van der Waals surface area (Å²) in [5.41, 5.74) is 6.70. The van der Waals surface area contributed by atoms with Crippen molar-refractivity contribution in [2.24, 2.45) is 16.8 Å². The summed E-state index contributed by atoms with van der Waals surface area (Å²) in [5.74, 6) is 0.538. The zero-order valence-electron chi connectivity index (χ0n) is 11.9. The third-order valence-corrected chi connectivity index (χ3v) is 4.15. The smallest absolute Gasteiger partial charge is 0.254 e. The van der Waals surface area contributed by atoms with Crippen molar-refractivity contribution in [1.82, 2.24) is 4.90 Å². The zero-order chi connectivity index (χ0) is 14.7. The molecule has 1 saturated heterocycles. The van der Waals surface area contributed by atoms with Gasteiger partial charge in [-0.2, -0.15) is 0 Å². The van der Waals surface area contributed by atoms with Crippen molar-refractivity contribution in [2.45, 2.75) is 32.7 Å². The van der Waals surface area contributed by atoms with Gasteiger partial charge in [-0.25, -0.2) is 0 Å². The van der Waals surface area contributed by atoms with Crippen LogP contribution >= 0.6 is 0 Å². The Kier molecular flexibility index (Phi) is 4.27. The molecule has 2 rings (SSSR count). The number of nitrogens with zero attached hydrogens (tertiary/aromatic N) is 2. The maximum atomic E-state index is 12.6. The van der Waals surface area contributed by atoms with Crippen molar-refractivity contribution in [3.8, 4) is 0 Å². The highest BCUT2D eigenvalue weighted by molar-refractivity contribution is 6.01. The van der Waals surface area contributed by atoms with Gasteiger partial charge in [0.1, 0.15) is 0 Å². The summed E-state index contributed by atoms with van der Waals surface area (Å²) in [6.07, 6.45) is 2.20. The Morgan fingerprint density at radius 2 is 2.10 bits per heavy atom. The summed E-state index contributed by atoms with van der Waals surface area (Å²) in [6, 6.07) is 7.14. The summed E-state index contributed by atoms with van der Waals surface area (Å²) in [4.78, 5) is 14.5. The zero-order valence-corrected chi connectivity index (χ0v) is 11.9. The highest BCUT2D eigenvalue weighted by Gasteiger charge is 2.29. The van der Waals surface area contributed by atoms with E-state index in [1.807, 2.05) is 4.90 Å². The first-order chi connectivity index (χ1) is 9.54. The van der Waals surface area contributed by atoms with Crippen LogP contribution < -0.4 is 5.73 Å². The maximum Gasteiger partial charge on any atom is 0.254 e. The Labute approximate surface area is 119 Å². The molecule has 0 saturated carbocycles. The lowest BCUT2D eigenvalue weighted by Crippen LogP contribution is -2.46. The number of hydrogen-bond donors (Lipinski definition) is 2. The van der Waals surface area contributed by atoms with E-state index in [9.17, 15) is 4.79 Å². The van der Waals surface area contributed by atoms with Gasteiger partial charge in [-0.3, -0.25) is 4.79 Å². The number of amidine groups is 1. The first-order valence-corrected chi connectivity index (χ1v) is 6.93. The Hall–Kier alpha value is -2.04. The summed E-state index contributed by atoms with van der Waals surface area (Å²) in [7, 11) is 0. The molecule has 20 heavy (non-hydrogen) atoms. The predicted molar refractivity (Wildman–Crippen MR) is 77.8 cm³/mol. The second kappa shape index (κ2) is 5.94. The van der Waals surface area contributed by atoms with Crippen molar-refractivity contribution in [2.75, 3.05) is 6.54 Å². The van der Waals surface area contributed by atoms with Crippen molar-refractivity contribution in [3.63, 3.8) is 0 Å². The van der Waals surface area contributed by atoms with Crippen molar-refractivity contribution in [3.05, 3.63) is 35.4 Å². The van der Waals surface area contributed by atoms with Gasteiger partial charge in [-0.05, 0) is 37.8 Å². The summed E-state index contributed by atoms with van der Waals surface area (Å²) in [5, 5.41) is 11.7. The molecule has 0 aliphatic carbocycles. The van der Waals surface area contributed by atoms with Crippen molar-refractivity contribution < 1.29 is 10.0 Å². The molecule has 0 spiro atoms. The predicted octanol–water partition coefficient (Wildman–Crippen LogP) is 2.04. The molecule has 2 unspecified atom stereocenters. The number of piperidine rings is 1. The molecule has 2 atom stereocenters. The molecular weight excluding hydrogens is 254 g/mol. The van der Waals surface area contributed by atoms with Crippen LogP contribution in [0, 0.1) is 5.92 Å². The molecule has 0 aromatic heterocycles. The van der Waals surface area contributed by atoms with Crippen LogP contribution in [0.3, 0.4) is 0 Å². The standard InChI is InChI=1S/C15H21N3O2/c1-10-5-4-8-18(11(10)2)15(19)13-7-3-6-12(9-13)14(16)17-20/h3,6-7,9-11,20H,4-5,8H2,1-2H3,(H2,16,17). The van der Waals surface area contributed by atoms with Gasteiger partial charge >= 0.3 is 0 Å². The molecule has 108 valence electrons. The number of benzene rings is 1. The van der Waals surface area contributed by atoms with Crippen LogP contribution in [0.5, 0.6) is 0 Å². The van der Waals surface area contributed by atoms with E-state index in [4.69, 9.17) is 10.9 Å². The minimum Gasteiger partial charge on any atom is -0.409 e. The maximum absolute atomic E-state index is 12.6.